The number of H-pyrrole nitrogens is 1. The summed E-state index contributed by atoms with van der Waals surface area (Å²) in [5, 5.41) is 1.07. The fraction of sp³-hybridized carbons (Fsp3) is 0.0714. The molecule has 1 N–H and O–H groups in total. The van der Waals surface area contributed by atoms with Gasteiger partial charge in [-0.1, -0.05) is 35.3 Å². The van der Waals surface area contributed by atoms with Crippen LogP contribution in [-0.4, -0.2) is 9.97 Å². The van der Waals surface area contributed by atoms with Crippen LogP contribution in [0.3, 0.4) is 0 Å². The number of benzene rings is 2. The molecule has 0 fully saturated rings. The van der Waals surface area contributed by atoms with Gasteiger partial charge in [-0.25, -0.2) is 4.98 Å². The molecule has 0 spiro atoms. The predicted octanol–water partition coefficient (Wildman–Crippen LogP) is 4.45. The molecule has 96 valence electrons. The third-order valence-electron chi connectivity index (χ3n) is 2.70. The van der Waals surface area contributed by atoms with Gasteiger partial charge in [-0.15, -0.1) is 0 Å². The van der Waals surface area contributed by atoms with Crippen LogP contribution < -0.4 is 4.74 Å². The van der Waals surface area contributed by atoms with Crippen molar-refractivity contribution >= 4 is 34.2 Å². The van der Waals surface area contributed by atoms with E-state index >= 15 is 0 Å². The van der Waals surface area contributed by atoms with E-state index in [0.717, 1.165) is 16.9 Å². The molecule has 0 amide bonds. The van der Waals surface area contributed by atoms with Gasteiger partial charge in [0.1, 0.15) is 18.2 Å². The molecular weight excluding hydrogens is 283 g/mol. The smallest absolute Gasteiger partial charge is 0.146 e. The van der Waals surface area contributed by atoms with Crippen molar-refractivity contribution in [1.82, 2.24) is 9.97 Å². The third-order valence-corrected chi connectivity index (χ3v) is 3.23. The number of rotatable bonds is 3. The van der Waals surface area contributed by atoms with E-state index in [1.165, 1.54) is 0 Å². The van der Waals surface area contributed by atoms with Crippen molar-refractivity contribution in [2.75, 3.05) is 0 Å². The number of hydrogen-bond donors (Lipinski definition) is 1. The molecule has 0 saturated heterocycles. The maximum atomic E-state index is 6.03. The van der Waals surface area contributed by atoms with E-state index in [0.29, 0.717) is 22.4 Å². The molecule has 0 bridgehead atoms. The third kappa shape index (κ3) is 2.67. The molecule has 19 heavy (non-hydrogen) atoms. The predicted molar refractivity (Wildman–Crippen MR) is 76.9 cm³/mol. The van der Waals surface area contributed by atoms with Crippen LogP contribution in [0.25, 0.3) is 11.0 Å². The number of aromatic amines is 1. The molecule has 3 aromatic rings. The van der Waals surface area contributed by atoms with Crippen molar-refractivity contribution < 1.29 is 4.74 Å². The van der Waals surface area contributed by atoms with Gasteiger partial charge in [0.05, 0.1) is 16.1 Å². The number of para-hydroxylation sites is 2. The summed E-state index contributed by atoms with van der Waals surface area (Å²) in [6.07, 6.45) is 0. The minimum Gasteiger partial charge on any atom is -0.484 e. The first-order valence-electron chi connectivity index (χ1n) is 5.74. The highest BCUT2D eigenvalue weighted by Gasteiger charge is 2.05. The molecule has 0 aliphatic rings. The Morgan fingerprint density at radius 2 is 1.95 bits per heavy atom. The zero-order valence-corrected chi connectivity index (χ0v) is 11.4. The van der Waals surface area contributed by atoms with Crippen molar-refractivity contribution in [3.8, 4) is 5.75 Å². The first-order chi connectivity index (χ1) is 9.22. The highest BCUT2D eigenvalue weighted by Crippen LogP contribution is 2.28. The molecule has 2 aromatic carbocycles. The zero-order valence-electron chi connectivity index (χ0n) is 9.86. The van der Waals surface area contributed by atoms with Crippen LogP contribution in [0.5, 0.6) is 5.75 Å². The minimum atomic E-state index is 0.329. The van der Waals surface area contributed by atoms with E-state index in [1.54, 1.807) is 18.2 Å². The summed E-state index contributed by atoms with van der Waals surface area (Å²) in [7, 11) is 0. The van der Waals surface area contributed by atoms with Gasteiger partial charge in [-0.05, 0) is 30.3 Å². The molecular formula is C14H10Cl2N2O. The van der Waals surface area contributed by atoms with Crippen LogP contribution in [0.1, 0.15) is 5.82 Å². The maximum Gasteiger partial charge on any atom is 0.146 e. The van der Waals surface area contributed by atoms with Gasteiger partial charge in [-0.3, -0.25) is 0 Å². The normalized spacial score (nSPS) is 10.8. The highest BCUT2D eigenvalue weighted by atomic mass is 35.5. The second-order valence-electron chi connectivity index (χ2n) is 4.06. The van der Waals surface area contributed by atoms with Gasteiger partial charge >= 0.3 is 0 Å². The Morgan fingerprint density at radius 1 is 1.11 bits per heavy atom. The second-order valence-corrected chi connectivity index (χ2v) is 4.91. The van der Waals surface area contributed by atoms with E-state index in [1.807, 2.05) is 24.3 Å². The molecule has 0 aliphatic carbocycles. The lowest BCUT2D eigenvalue weighted by Gasteiger charge is -2.06. The molecule has 0 radical (unpaired) electrons. The van der Waals surface area contributed by atoms with Crippen molar-refractivity contribution in [1.29, 1.82) is 0 Å². The lowest BCUT2D eigenvalue weighted by Crippen LogP contribution is -1.97. The van der Waals surface area contributed by atoms with Gasteiger partial charge in [0, 0.05) is 5.02 Å². The quantitative estimate of drug-likeness (QED) is 0.774. The highest BCUT2D eigenvalue weighted by molar-refractivity contribution is 6.35. The summed E-state index contributed by atoms with van der Waals surface area (Å²) in [5.41, 5.74) is 1.91. The number of imidazole rings is 1. The van der Waals surface area contributed by atoms with Gasteiger partial charge in [0.25, 0.3) is 0 Å². The Labute approximate surface area is 120 Å². The first kappa shape index (κ1) is 12.3. The summed E-state index contributed by atoms with van der Waals surface area (Å²) < 4.78 is 5.62. The van der Waals surface area contributed by atoms with Crippen molar-refractivity contribution in [2.24, 2.45) is 0 Å². The number of nitrogens with zero attached hydrogens (tertiary/aromatic N) is 1. The van der Waals surface area contributed by atoms with E-state index in [9.17, 15) is 0 Å². The van der Waals surface area contributed by atoms with Crippen LogP contribution in [-0.2, 0) is 6.61 Å². The number of ether oxygens (including phenoxy) is 1. The number of nitrogens with one attached hydrogen (secondary N) is 1. The lowest BCUT2D eigenvalue weighted by atomic mass is 10.3. The number of aromatic nitrogens is 2. The zero-order chi connectivity index (χ0) is 13.2. The van der Waals surface area contributed by atoms with Crippen molar-refractivity contribution in [3.63, 3.8) is 0 Å². The van der Waals surface area contributed by atoms with E-state index < -0.39 is 0 Å². The maximum absolute atomic E-state index is 6.03. The fourth-order valence-electron chi connectivity index (χ4n) is 1.81. The Balaban J connectivity index is 1.78. The average Bonchev–Trinajstić information content (AvgIpc) is 2.80. The summed E-state index contributed by atoms with van der Waals surface area (Å²) in [4.78, 5) is 7.62. The largest absolute Gasteiger partial charge is 0.484 e. The SMILES string of the molecule is Clc1ccc(OCc2nc3ccccc3[nH]2)c(Cl)c1. The Morgan fingerprint density at radius 3 is 2.74 bits per heavy atom. The van der Waals surface area contributed by atoms with Crippen LogP contribution in [0, 0.1) is 0 Å². The van der Waals surface area contributed by atoms with Crippen LogP contribution in [0.2, 0.25) is 10.0 Å². The summed E-state index contributed by atoms with van der Waals surface area (Å²) in [6, 6.07) is 13.0. The van der Waals surface area contributed by atoms with Gasteiger partial charge in [-0.2, -0.15) is 0 Å². The molecule has 0 saturated carbocycles. The molecule has 1 heterocycles. The number of hydrogen-bond acceptors (Lipinski definition) is 2. The van der Waals surface area contributed by atoms with E-state index in [4.69, 9.17) is 27.9 Å². The Hall–Kier alpha value is -1.71. The molecule has 0 unspecified atom stereocenters. The second kappa shape index (κ2) is 5.11. The number of halogens is 2. The first-order valence-corrected chi connectivity index (χ1v) is 6.49. The van der Waals surface area contributed by atoms with Crippen LogP contribution in [0.4, 0.5) is 0 Å². The lowest BCUT2D eigenvalue weighted by molar-refractivity contribution is 0.298. The van der Waals surface area contributed by atoms with E-state index in [2.05, 4.69) is 9.97 Å². The average molecular weight is 293 g/mol. The monoisotopic (exact) mass is 292 g/mol. The molecule has 0 atom stereocenters. The fourth-order valence-corrected chi connectivity index (χ4v) is 2.28. The Kier molecular flexibility index (Phi) is 3.32. The van der Waals surface area contributed by atoms with Gasteiger partial charge < -0.3 is 9.72 Å². The Bertz CT molecular complexity index is 691. The van der Waals surface area contributed by atoms with Crippen LogP contribution >= 0.6 is 23.2 Å². The summed E-state index contributed by atoms with van der Waals surface area (Å²) >= 11 is 11.9. The van der Waals surface area contributed by atoms with E-state index in [-0.39, 0.29) is 0 Å². The molecule has 1 aromatic heterocycles. The minimum absolute atomic E-state index is 0.329. The van der Waals surface area contributed by atoms with Crippen molar-refractivity contribution in [3.05, 3.63) is 58.3 Å². The van der Waals surface area contributed by atoms with Crippen LogP contribution in [0.15, 0.2) is 42.5 Å². The van der Waals surface area contributed by atoms with Gasteiger partial charge in [0.15, 0.2) is 0 Å². The molecule has 3 rings (SSSR count). The molecule has 3 nitrogen and oxygen atoms in total. The molecule has 5 heteroatoms. The number of fused-ring (bicyclic) bond motifs is 1. The topological polar surface area (TPSA) is 37.9 Å². The van der Waals surface area contributed by atoms with Crippen molar-refractivity contribution in [2.45, 2.75) is 6.61 Å². The standard InChI is InChI=1S/C14H10Cl2N2O/c15-9-5-6-13(10(16)7-9)19-8-14-17-11-3-1-2-4-12(11)18-14/h1-7H,8H2,(H,17,18). The summed E-state index contributed by atoms with van der Waals surface area (Å²) in [6.45, 7) is 0.329. The summed E-state index contributed by atoms with van der Waals surface area (Å²) in [5.74, 6) is 1.35. The molecule has 0 aliphatic heterocycles. The van der Waals surface area contributed by atoms with Gasteiger partial charge in [0.2, 0.25) is 0 Å².